The van der Waals surface area contributed by atoms with Gasteiger partial charge in [0.2, 0.25) is 0 Å². The van der Waals surface area contributed by atoms with Gasteiger partial charge in [0.25, 0.3) is 5.56 Å². The molecular weight excluding hydrogens is 404 g/mol. The van der Waals surface area contributed by atoms with Gasteiger partial charge in [-0.2, -0.15) is 0 Å². The van der Waals surface area contributed by atoms with Crippen LogP contribution in [0.25, 0.3) is 20.7 Å². The standard InChI is InChI=1S/C21H20N4O4S/c1-3-29-20(27)14-9-22-21(28)24-15(14)10-25-11-23-18-16(19(25)26)12(2)17(30-18)13-7-5-4-6-8-13/h4-8,11H,3,9-10H2,1-2H3,(H2,22,24,28). The molecule has 154 valence electrons. The average molecular weight is 424 g/mol. The number of nitrogens with one attached hydrogen (secondary N) is 2. The van der Waals surface area contributed by atoms with Gasteiger partial charge in [0.05, 0.1) is 42.7 Å². The fourth-order valence-corrected chi connectivity index (χ4v) is 4.53. The lowest BCUT2D eigenvalue weighted by atomic mass is 10.1. The molecule has 4 rings (SSSR count). The summed E-state index contributed by atoms with van der Waals surface area (Å²) in [6, 6.07) is 9.41. The first kappa shape index (κ1) is 19.8. The number of rotatable bonds is 5. The van der Waals surface area contributed by atoms with Crippen molar-refractivity contribution in [3.8, 4) is 10.4 Å². The number of allylic oxidation sites excluding steroid dienone is 1. The molecule has 3 heterocycles. The molecule has 2 aromatic heterocycles. The molecule has 0 atom stereocenters. The third-order valence-electron chi connectivity index (χ3n) is 4.86. The van der Waals surface area contributed by atoms with E-state index in [2.05, 4.69) is 15.6 Å². The maximum absolute atomic E-state index is 13.2. The monoisotopic (exact) mass is 424 g/mol. The van der Waals surface area contributed by atoms with E-state index >= 15 is 0 Å². The molecule has 0 unspecified atom stereocenters. The molecule has 0 fully saturated rings. The fourth-order valence-electron chi connectivity index (χ4n) is 3.39. The van der Waals surface area contributed by atoms with Crippen molar-refractivity contribution in [1.29, 1.82) is 0 Å². The Balaban J connectivity index is 1.77. The van der Waals surface area contributed by atoms with Gasteiger partial charge in [-0.05, 0) is 25.0 Å². The Morgan fingerprint density at radius 1 is 1.27 bits per heavy atom. The van der Waals surface area contributed by atoms with E-state index in [0.717, 1.165) is 16.0 Å². The number of hydrogen-bond donors (Lipinski definition) is 2. The minimum Gasteiger partial charge on any atom is -0.463 e. The van der Waals surface area contributed by atoms with Gasteiger partial charge in [-0.25, -0.2) is 14.6 Å². The summed E-state index contributed by atoms with van der Waals surface area (Å²) in [6.45, 7) is 3.88. The number of carbonyl (C=O) groups excluding carboxylic acids is 2. The lowest BCUT2D eigenvalue weighted by Crippen LogP contribution is -2.45. The summed E-state index contributed by atoms with van der Waals surface area (Å²) in [4.78, 5) is 43.4. The number of benzene rings is 1. The topological polar surface area (TPSA) is 102 Å². The molecule has 0 bridgehead atoms. The number of amides is 2. The Bertz CT molecular complexity index is 1230. The summed E-state index contributed by atoms with van der Waals surface area (Å²) >= 11 is 1.47. The Morgan fingerprint density at radius 2 is 2.03 bits per heavy atom. The Morgan fingerprint density at radius 3 is 2.77 bits per heavy atom. The molecule has 2 amide bonds. The van der Waals surface area contributed by atoms with E-state index in [1.54, 1.807) is 6.92 Å². The molecule has 0 saturated carbocycles. The number of thiophene rings is 1. The third-order valence-corrected chi connectivity index (χ3v) is 6.11. The highest BCUT2D eigenvalue weighted by Crippen LogP contribution is 2.35. The lowest BCUT2D eigenvalue weighted by molar-refractivity contribution is -0.138. The maximum atomic E-state index is 13.2. The molecule has 30 heavy (non-hydrogen) atoms. The summed E-state index contributed by atoms with van der Waals surface area (Å²) < 4.78 is 6.47. The predicted octanol–water partition coefficient (Wildman–Crippen LogP) is 2.56. The molecule has 0 spiro atoms. The Hall–Kier alpha value is -3.46. The quantitative estimate of drug-likeness (QED) is 0.613. The first-order valence-corrected chi connectivity index (χ1v) is 10.3. The van der Waals surface area contributed by atoms with Gasteiger partial charge < -0.3 is 15.4 Å². The van der Waals surface area contributed by atoms with Crippen molar-refractivity contribution in [3.63, 3.8) is 0 Å². The minimum atomic E-state index is -0.528. The van der Waals surface area contributed by atoms with Crippen LogP contribution in [0.3, 0.4) is 0 Å². The second-order valence-corrected chi connectivity index (χ2v) is 7.76. The largest absolute Gasteiger partial charge is 0.463 e. The van der Waals surface area contributed by atoms with Crippen molar-refractivity contribution < 1.29 is 14.3 Å². The number of fused-ring (bicyclic) bond motifs is 1. The molecular formula is C21H20N4O4S. The van der Waals surface area contributed by atoms with E-state index in [4.69, 9.17) is 4.74 Å². The fraction of sp³-hybridized carbons (Fsp3) is 0.238. The molecule has 0 saturated heterocycles. The van der Waals surface area contributed by atoms with Crippen LogP contribution in [0.1, 0.15) is 12.5 Å². The number of urea groups is 1. The molecule has 2 N–H and O–H groups in total. The zero-order valence-corrected chi connectivity index (χ0v) is 17.3. The van der Waals surface area contributed by atoms with Gasteiger partial charge in [0.15, 0.2) is 0 Å². The van der Waals surface area contributed by atoms with Crippen molar-refractivity contribution in [2.75, 3.05) is 13.2 Å². The van der Waals surface area contributed by atoms with Gasteiger partial charge in [0, 0.05) is 4.88 Å². The van der Waals surface area contributed by atoms with Crippen LogP contribution in [-0.4, -0.2) is 34.7 Å². The summed E-state index contributed by atoms with van der Waals surface area (Å²) in [5, 5.41) is 5.71. The van der Waals surface area contributed by atoms with Crippen LogP contribution in [0.5, 0.6) is 0 Å². The molecule has 0 radical (unpaired) electrons. The zero-order chi connectivity index (χ0) is 21.3. The number of esters is 1. The van der Waals surface area contributed by atoms with Crippen LogP contribution < -0.4 is 16.2 Å². The molecule has 1 aliphatic heterocycles. The van der Waals surface area contributed by atoms with E-state index in [1.165, 1.54) is 22.2 Å². The summed E-state index contributed by atoms with van der Waals surface area (Å²) in [7, 11) is 0. The van der Waals surface area contributed by atoms with E-state index in [-0.39, 0.29) is 30.8 Å². The van der Waals surface area contributed by atoms with Crippen molar-refractivity contribution in [1.82, 2.24) is 20.2 Å². The average Bonchev–Trinajstić information content (AvgIpc) is 3.08. The normalized spacial score (nSPS) is 13.9. The Kier molecular flexibility index (Phi) is 5.37. The van der Waals surface area contributed by atoms with Crippen molar-refractivity contribution in [3.05, 3.63) is 63.8 Å². The van der Waals surface area contributed by atoms with E-state index in [0.29, 0.717) is 15.9 Å². The summed E-state index contributed by atoms with van der Waals surface area (Å²) in [6.07, 6.45) is 1.44. The van der Waals surface area contributed by atoms with Gasteiger partial charge in [0.1, 0.15) is 4.83 Å². The van der Waals surface area contributed by atoms with Crippen molar-refractivity contribution >= 4 is 33.6 Å². The van der Waals surface area contributed by atoms with Gasteiger partial charge >= 0.3 is 12.0 Å². The first-order chi connectivity index (χ1) is 14.5. The highest BCUT2D eigenvalue weighted by molar-refractivity contribution is 7.22. The highest BCUT2D eigenvalue weighted by Gasteiger charge is 2.24. The lowest BCUT2D eigenvalue weighted by Gasteiger charge is -2.21. The van der Waals surface area contributed by atoms with Crippen molar-refractivity contribution in [2.24, 2.45) is 0 Å². The van der Waals surface area contributed by atoms with E-state index < -0.39 is 12.0 Å². The van der Waals surface area contributed by atoms with Crippen LogP contribution in [0.4, 0.5) is 4.79 Å². The van der Waals surface area contributed by atoms with Crippen LogP contribution in [-0.2, 0) is 16.1 Å². The van der Waals surface area contributed by atoms with Crippen molar-refractivity contribution in [2.45, 2.75) is 20.4 Å². The number of aryl methyl sites for hydroxylation is 1. The van der Waals surface area contributed by atoms with E-state index in [9.17, 15) is 14.4 Å². The van der Waals surface area contributed by atoms with Crippen LogP contribution in [0.2, 0.25) is 0 Å². The highest BCUT2D eigenvalue weighted by atomic mass is 32.1. The number of nitrogens with zero attached hydrogens (tertiary/aromatic N) is 2. The number of hydrogen-bond acceptors (Lipinski definition) is 6. The maximum Gasteiger partial charge on any atom is 0.337 e. The first-order valence-electron chi connectivity index (χ1n) is 9.47. The van der Waals surface area contributed by atoms with Gasteiger partial charge in [-0.15, -0.1) is 11.3 Å². The minimum absolute atomic E-state index is 0.0132. The second-order valence-electron chi connectivity index (χ2n) is 6.77. The second kappa shape index (κ2) is 8.11. The molecule has 8 nitrogen and oxygen atoms in total. The SMILES string of the molecule is CCOC(=O)C1=C(Cn2cnc3sc(-c4ccccc4)c(C)c3c2=O)NC(=O)NC1. The molecule has 1 aliphatic rings. The van der Waals surface area contributed by atoms with Crippen LogP contribution in [0, 0.1) is 6.92 Å². The van der Waals surface area contributed by atoms with Crippen LogP contribution in [0.15, 0.2) is 52.7 Å². The molecule has 1 aromatic carbocycles. The summed E-state index contributed by atoms with van der Waals surface area (Å²) in [5.74, 6) is -0.528. The smallest absolute Gasteiger partial charge is 0.337 e. The van der Waals surface area contributed by atoms with E-state index in [1.807, 2.05) is 37.3 Å². The van der Waals surface area contributed by atoms with Crippen LogP contribution >= 0.6 is 11.3 Å². The predicted molar refractivity (Wildman–Crippen MR) is 114 cm³/mol. The van der Waals surface area contributed by atoms with Gasteiger partial charge in [-0.1, -0.05) is 30.3 Å². The zero-order valence-electron chi connectivity index (χ0n) is 16.5. The number of ether oxygens (including phenoxy) is 1. The molecule has 0 aliphatic carbocycles. The molecule has 3 aromatic rings. The third kappa shape index (κ3) is 3.59. The number of carbonyl (C=O) groups is 2. The summed E-state index contributed by atoms with van der Waals surface area (Å²) in [5.41, 5.74) is 2.29. The number of aromatic nitrogens is 2. The molecule has 9 heteroatoms. The van der Waals surface area contributed by atoms with Gasteiger partial charge in [-0.3, -0.25) is 9.36 Å². The Labute approximate surface area is 176 Å².